The van der Waals surface area contributed by atoms with Gasteiger partial charge in [0.15, 0.2) is 5.65 Å². The van der Waals surface area contributed by atoms with E-state index in [1.165, 1.54) is 28.9 Å². The van der Waals surface area contributed by atoms with Crippen LogP contribution in [0.5, 0.6) is 0 Å². The molecule has 2 N–H and O–H groups in total. The lowest BCUT2D eigenvalue weighted by molar-refractivity contribution is 0.0331. The molecule has 2 aliphatic heterocycles. The van der Waals surface area contributed by atoms with Crippen LogP contribution in [0, 0.1) is 11.6 Å². The van der Waals surface area contributed by atoms with Crippen LogP contribution in [0.15, 0.2) is 48.5 Å². The van der Waals surface area contributed by atoms with Crippen LogP contribution in [-0.4, -0.2) is 95.1 Å². The molecule has 9 nitrogen and oxygen atoms in total. The molecule has 0 aliphatic carbocycles. The third-order valence-corrected chi connectivity index (χ3v) is 7.22. The molecular weight excluding hydrogens is 490 g/mol. The standard InChI is InChI=1S/C27H30F2N8O/c28-20-6-4-19(5-7-20)24-23-25(30)37(22-3-1-2-21(29)18-22)33-26(23)32-27(31-24)36-12-10-34(11-13-36)8-9-35-14-16-38-17-15-35/h1-7,18H,8-17,30H2. The van der Waals surface area contributed by atoms with Crippen molar-refractivity contribution >= 4 is 22.8 Å². The van der Waals surface area contributed by atoms with Crippen molar-refractivity contribution in [3.05, 3.63) is 60.2 Å². The van der Waals surface area contributed by atoms with Crippen molar-refractivity contribution in [2.75, 3.05) is 76.2 Å². The maximum atomic E-state index is 14.0. The first kappa shape index (κ1) is 24.7. The number of fused-ring (bicyclic) bond motifs is 1. The molecule has 4 heterocycles. The van der Waals surface area contributed by atoms with Gasteiger partial charge >= 0.3 is 0 Å². The molecule has 198 valence electrons. The Bertz CT molecular complexity index is 1410. The Morgan fingerprint density at radius 1 is 0.816 bits per heavy atom. The molecule has 0 saturated carbocycles. The van der Waals surface area contributed by atoms with Gasteiger partial charge in [0.25, 0.3) is 0 Å². The minimum absolute atomic E-state index is 0.296. The predicted molar refractivity (Wildman–Crippen MR) is 142 cm³/mol. The SMILES string of the molecule is Nc1c2c(-c3ccc(F)cc3)nc(N3CCN(CCN4CCOCC4)CC3)nc2nn1-c1cccc(F)c1. The Morgan fingerprint density at radius 2 is 1.53 bits per heavy atom. The highest BCUT2D eigenvalue weighted by molar-refractivity contribution is 5.99. The minimum Gasteiger partial charge on any atom is -0.383 e. The number of nitrogens with two attached hydrogens (primary N) is 1. The number of benzene rings is 2. The topological polar surface area (TPSA) is 88.6 Å². The van der Waals surface area contributed by atoms with Crippen molar-refractivity contribution in [1.29, 1.82) is 0 Å². The van der Waals surface area contributed by atoms with Crippen LogP contribution in [0.1, 0.15) is 0 Å². The van der Waals surface area contributed by atoms with Crippen molar-refractivity contribution in [2.24, 2.45) is 0 Å². The molecule has 0 spiro atoms. The third-order valence-electron chi connectivity index (χ3n) is 7.22. The maximum Gasteiger partial charge on any atom is 0.228 e. The molecule has 38 heavy (non-hydrogen) atoms. The number of nitrogens with zero attached hydrogens (tertiary/aromatic N) is 7. The van der Waals surface area contributed by atoms with E-state index in [0.717, 1.165) is 65.6 Å². The molecule has 2 aromatic carbocycles. The molecule has 2 saturated heterocycles. The van der Waals surface area contributed by atoms with Crippen molar-refractivity contribution in [3.63, 3.8) is 0 Å². The molecule has 0 bridgehead atoms. The molecule has 2 fully saturated rings. The zero-order valence-electron chi connectivity index (χ0n) is 21.1. The van der Waals surface area contributed by atoms with E-state index >= 15 is 0 Å². The number of halogens is 2. The van der Waals surface area contributed by atoms with Crippen LogP contribution in [0.2, 0.25) is 0 Å². The van der Waals surface area contributed by atoms with E-state index < -0.39 is 5.82 Å². The van der Waals surface area contributed by atoms with Crippen LogP contribution in [0.3, 0.4) is 0 Å². The zero-order valence-corrected chi connectivity index (χ0v) is 21.1. The van der Waals surface area contributed by atoms with E-state index in [-0.39, 0.29) is 5.82 Å². The molecular formula is C27H30F2N8O. The van der Waals surface area contributed by atoms with Gasteiger partial charge in [0.2, 0.25) is 5.95 Å². The fourth-order valence-electron chi connectivity index (χ4n) is 5.04. The molecule has 0 amide bonds. The Balaban J connectivity index is 1.29. The number of anilines is 2. The number of hydrogen-bond acceptors (Lipinski definition) is 8. The molecule has 0 radical (unpaired) electrons. The first-order valence-corrected chi connectivity index (χ1v) is 12.9. The van der Waals surface area contributed by atoms with Gasteiger partial charge in [-0.15, -0.1) is 5.10 Å². The summed E-state index contributed by atoms with van der Waals surface area (Å²) in [6, 6.07) is 12.2. The molecule has 11 heteroatoms. The van der Waals surface area contributed by atoms with E-state index in [1.54, 1.807) is 24.3 Å². The Morgan fingerprint density at radius 3 is 2.24 bits per heavy atom. The van der Waals surface area contributed by atoms with Gasteiger partial charge in [0, 0.05) is 57.9 Å². The lowest BCUT2D eigenvalue weighted by atomic mass is 10.1. The van der Waals surface area contributed by atoms with Gasteiger partial charge in [-0.05, 0) is 42.5 Å². The lowest BCUT2D eigenvalue weighted by Crippen LogP contribution is -2.49. The number of aromatic nitrogens is 4. The van der Waals surface area contributed by atoms with Gasteiger partial charge in [0.1, 0.15) is 17.5 Å². The molecule has 2 aliphatic rings. The summed E-state index contributed by atoms with van der Waals surface area (Å²) in [7, 11) is 0. The van der Waals surface area contributed by atoms with Crippen molar-refractivity contribution in [2.45, 2.75) is 0 Å². The second-order valence-electron chi connectivity index (χ2n) is 9.64. The second-order valence-corrected chi connectivity index (χ2v) is 9.64. The van der Waals surface area contributed by atoms with Gasteiger partial charge in [-0.3, -0.25) is 9.80 Å². The Labute approximate surface area is 219 Å². The maximum absolute atomic E-state index is 14.0. The molecule has 0 atom stereocenters. The van der Waals surface area contributed by atoms with Gasteiger partial charge in [-0.2, -0.15) is 4.98 Å². The summed E-state index contributed by atoms with van der Waals surface area (Å²) in [4.78, 5) is 16.7. The van der Waals surface area contributed by atoms with E-state index in [9.17, 15) is 8.78 Å². The summed E-state index contributed by atoms with van der Waals surface area (Å²) in [5.74, 6) is 0.118. The average molecular weight is 521 g/mol. The van der Waals surface area contributed by atoms with Crippen molar-refractivity contribution < 1.29 is 13.5 Å². The predicted octanol–water partition coefficient (Wildman–Crippen LogP) is 2.80. The summed E-state index contributed by atoms with van der Waals surface area (Å²) in [6.45, 7) is 9.01. The highest BCUT2D eigenvalue weighted by Crippen LogP contribution is 2.33. The largest absolute Gasteiger partial charge is 0.383 e. The zero-order chi connectivity index (χ0) is 26.1. The molecule has 2 aromatic heterocycles. The molecule has 6 rings (SSSR count). The number of nitrogen functional groups attached to an aromatic ring is 1. The first-order chi connectivity index (χ1) is 18.5. The van der Waals surface area contributed by atoms with E-state index in [1.807, 2.05) is 0 Å². The van der Waals surface area contributed by atoms with E-state index in [2.05, 4.69) is 19.8 Å². The number of ether oxygens (including phenoxy) is 1. The summed E-state index contributed by atoms with van der Waals surface area (Å²) >= 11 is 0. The second kappa shape index (κ2) is 10.6. The van der Waals surface area contributed by atoms with E-state index in [4.69, 9.17) is 20.4 Å². The van der Waals surface area contributed by atoms with Crippen molar-refractivity contribution in [1.82, 2.24) is 29.5 Å². The molecule has 0 unspecified atom stereocenters. The monoisotopic (exact) mass is 520 g/mol. The van der Waals surface area contributed by atoms with Gasteiger partial charge in [-0.25, -0.2) is 18.4 Å². The fraction of sp³-hybridized carbons (Fsp3) is 0.370. The minimum atomic E-state index is -0.390. The van der Waals surface area contributed by atoms with Crippen LogP contribution in [0.4, 0.5) is 20.5 Å². The smallest absolute Gasteiger partial charge is 0.228 e. The van der Waals surface area contributed by atoms with Gasteiger partial charge in [0.05, 0.1) is 30.0 Å². The van der Waals surface area contributed by atoms with Crippen molar-refractivity contribution in [3.8, 4) is 16.9 Å². The summed E-state index contributed by atoms with van der Waals surface area (Å²) in [5.41, 5.74) is 8.69. The van der Waals surface area contributed by atoms with Crippen LogP contribution in [0.25, 0.3) is 28.0 Å². The van der Waals surface area contributed by atoms with Crippen LogP contribution < -0.4 is 10.6 Å². The highest BCUT2D eigenvalue weighted by Gasteiger charge is 2.24. The third kappa shape index (κ3) is 5.04. The fourth-order valence-corrected chi connectivity index (χ4v) is 5.04. The lowest BCUT2D eigenvalue weighted by Gasteiger charge is -2.36. The number of piperazine rings is 1. The number of rotatable bonds is 6. The summed E-state index contributed by atoms with van der Waals surface area (Å²) in [5, 5.41) is 5.18. The Hall–Kier alpha value is -3.67. The van der Waals surface area contributed by atoms with Gasteiger partial charge in [-0.1, -0.05) is 6.07 Å². The quantitative estimate of drug-likeness (QED) is 0.415. The van der Waals surface area contributed by atoms with E-state index in [0.29, 0.717) is 39.7 Å². The average Bonchev–Trinajstić information content (AvgIpc) is 3.29. The first-order valence-electron chi connectivity index (χ1n) is 12.9. The molecule has 4 aromatic rings. The summed E-state index contributed by atoms with van der Waals surface area (Å²) < 4.78 is 34.6. The Kier molecular flexibility index (Phi) is 6.88. The summed E-state index contributed by atoms with van der Waals surface area (Å²) in [6.07, 6.45) is 0. The van der Waals surface area contributed by atoms with Gasteiger partial charge < -0.3 is 15.4 Å². The van der Waals surface area contributed by atoms with Crippen LogP contribution in [-0.2, 0) is 4.74 Å². The van der Waals surface area contributed by atoms with Crippen LogP contribution >= 0.6 is 0 Å². The highest BCUT2D eigenvalue weighted by atomic mass is 19.1. The number of morpholine rings is 1. The number of hydrogen-bond donors (Lipinski definition) is 1. The normalized spacial score (nSPS) is 17.4.